The molecule has 94 valence electrons. The molecule has 0 fully saturated rings. The Kier molecular flexibility index (Phi) is 5.25. The minimum absolute atomic E-state index is 0.139. The molecule has 5 heteroatoms. The molecule has 0 aromatic heterocycles. The van der Waals surface area contributed by atoms with E-state index < -0.39 is 5.97 Å². The van der Waals surface area contributed by atoms with Crippen LogP contribution in [0.1, 0.15) is 12.0 Å². The molecule has 0 aliphatic carbocycles. The number of hydrogen-bond donors (Lipinski definition) is 1. The number of methoxy groups -OCH3 is 1. The van der Waals surface area contributed by atoms with Gasteiger partial charge in [0.25, 0.3) is 0 Å². The minimum atomic E-state index is -0.787. The summed E-state index contributed by atoms with van der Waals surface area (Å²) in [6.45, 7) is 1.18. The van der Waals surface area contributed by atoms with Gasteiger partial charge in [0.05, 0.1) is 18.6 Å². The van der Waals surface area contributed by atoms with Crippen LogP contribution in [0.5, 0.6) is 5.75 Å². The molecule has 1 aromatic rings. The van der Waals surface area contributed by atoms with Gasteiger partial charge in [-0.15, -0.1) is 0 Å². The van der Waals surface area contributed by atoms with E-state index in [0.29, 0.717) is 23.9 Å². The van der Waals surface area contributed by atoms with Crippen LogP contribution >= 0.6 is 11.6 Å². The number of halogens is 1. The van der Waals surface area contributed by atoms with E-state index in [4.69, 9.17) is 21.4 Å². The Hall–Kier alpha value is -1.26. The molecule has 1 aromatic carbocycles. The predicted molar refractivity (Wildman–Crippen MR) is 66.6 cm³/mol. The van der Waals surface area contributed by atoms with Gasteiger partial charge in [0.1, 0.15) is 5.75 Å². The van der Waals surface area contributed by atoms with Crippen molar-refractivity contribution in [2.24, 2.45) is 0 Å². The number of nitrogens with zero attached hydrogens (tertiary/aromatic N) is 1. The lowest BCUT2D eigenvalue weighted by Crippen LogP contribution is -2.21. The van der Waals surface area contributed by atoms with Crippen LogP contribution < -0.4 is 4.74 Å². The Morgan fingerprint density at radius 1 is 1.53 bits per heavy atom. The molecule has 0 atom stereocenters. The zero-order valence-electron chi connectivity index (χ0n) is 9.94. The number of aliphatic carboxylic acids is 1. The van der Waals surface area contributed by atoms with Crippen molar-refractivity contribution in [3.05, 3.63) is 28.8 Å². The van der Waals surface area contributed by atoms with Crippen molar-refractivity contribution in [3.8, 4) is 5.75 Å². The summed E-state index contributed by atoms with van der Waals surface area (Å²) >= 11 is 6.00. The second-order valence-corrected chi connectivity index (χ2v) is 4.26. The van der Waals surface area contributed by atoms with Crippen molar-refractivity contribution in [3.63, 3.8) is 0 Å². The van der Waals surface area contributed by atoms with Gasteiger partial charge in [0.2, 0.25) is 0 Å². The largest absolute Gasteiger partial charge is 0.495 e. The SMILES string of the molecule is COc1ccc(CN(C)CCC(=O)O)cc1Cl. The predicted octanol–water partition coefficient (Wildman–Crippen LogP) is 2.26. The third-order valence-electron chi connectivity index (χ3n) is 2.38. The lowest BCUT2D eigenvalue weighted by atomic mass is 10.2. The molecule has 1 N–H and O–H groups in total. The van der Waals surface area contributed by atoms with E-state index in [0.717, 1.165) is 5.56 Å². The van der Waals surface area contributed by atoms with Gasteiger partial charge in [-0.2, -0.15) is 0 Å². The highest BCUT2D eigenvalue weighted by Gasteiger charge is 2.06. The van der Waals surface area contributed by atoms with Gasteiger partial charge < -0.3 is 14.7 Å². The molecule has 0 amide bonds. The molecule has 0 radical (unpaired) electrons. The van der Waals surface area contributed by atoms with Gasteiger partial charge in [0.15, 0.2) is 0 Å². The molecule has 0 spiro atoms. The van der Waals surface area contributed by atoms with Crippen LogP contribution in [0.15, 0.2) is 18.2 Å². The quantitative estimate of drug-likeness (QED) is 0.849. The first-order chi connectivity index (χ1) is 8.02. The van der Waals surface area contributed by atoms with Crippen LogP contribution in [0.2, 0.25) is 5.02 Å². The molecule has 0 bridgehead atoms. The first-order valence-corrected chi connectivity index (χ1v) is 5.63. The fourth-order valence-electron chi connectivity index (χ4n) is 1.49. The van der Waals surface area contributed by atoms with Crippen molar-refractivity contribution in [2.75, 3.05) is 20.7 Å². The Bertz CT molecular complexity index is 395. The van der Waals surface area contributed by atoms with E-state index in [1.165, 1.54) is 0 Å². The van der Waals surface area contributed by atoms with Gasteiger partial charge in [-0.3, -0.25) is 4.79 Å². The summed E-state index contributed by atoms with van der Waals surface area (Å²) in [5.41, 5.74) is 1.03. The minimum Gasteiger partial charge on any atom is -0.495 e. The van der Waals surface area contributed by atoms with E-state index in [2.05, 4.69) is 0 Å². The van der Waals surface area contributed by atoms with Gasteiger partial charge in [-0.25, -0.2) is 0 Å². The average Bonchev–Trinajstić information content (AvgIpc) is 2.26. The molecule has 0 saturated heterocycles. The van der Waals surface area contributed by atoms with Crippen molar-refractivity contribution in [1.82, 2.24) is 4.90 Å². The summed E-state index contributed by atoms with van der Waals surface area (Å²) in [5, 5.41) is 9.14. The number of carboxylic acid groups (broad SMARTS) is 1. The Morgan fingerprint density at radius 3 is 2.76 bits per heavy atom. The second kappa shape index (κ2) is 6.47. The zero-order chi connectivity index (χ0) is 12.8. The topological polar surface area (TPSA) is 49.8 Å². The van der Waals surface area contributed by atoms with Crippen LogP contribution in [-0.2, 0) is 11.3 Å². The highest BCUT2D eigenvalue weighted by atomic mass is 35.5. The second-order valence-electron chi connectivity index (χ2n) is 3.85. The van der Waals surface area contributed by atoms with Crippen LogP contribution in [0, 0.1) is 0 Å². The average molecular weight is 258 g/mol. The lowest BCUT2D eigenvalue weighted by molar-refractivity contribution is -0.137. The van der Waals surface area contributed by atoms with Crippen molar-refractivity contribution in [2.45, 2.75) is 13.0 Å². The van der Waals surface area contributed by atoms with Gasteiger partial charge in [0, 0.05) is 13.1 Å². The molecular formula is C12H16ClNO3. The van der Waals surface area contributed by atoms with Gasteiger partial charge >= 0.3 is 5.97 Å². The molecule has 17 heavy (non-hydrogen) atoms. The Balaban J connectivity index is 2.56. The molecule has 0 heterocycles. The van der Waals surface area contributed by atoms with E-state index >= 15 is 0 Å². The summed E-state index contributed by atoms with van der Waals surface area (Å²) in [6.07, 6.45) is 0.139. The number of ether oxygens (including phenoxy) is 1. The molecule has 4 nitrogen and oxygen atoms in total. The Labute approximate surface area is 106 Å². The highest BCUT2D eigenvalue weighted by Crippen LogP contribution is 2.25. The Morgan fingerprint density at radius 2 is 2.24 bits per heavy atom. The summed E-state index contributed by atoms with van der Waals surface area (Å²) in [5.74, 6) is -0.145. The van der Waals surface area contributed by atoms with E-state index in [1.54, 1.807) is 7.11 Å². The number of carboxylic acids is 1. The third kappa shape index (κ3) is 4.63. The fraction of sp³-hybridized carbons (Fsp3) is 0.417. The molecule has 0 saturated carbocycles. The van der Waals surface area contributed by atoms with Crippen LogP contribution in [0.4, 0.5) is 0 Å². The summed E-state index contributed by atoms with van der Waals surface area (Å²) in [6, 6.07) is 5.56. The highest BCUT2D eigenvalue weighted by molar-refractivity contribution is 6.32. The zero-order valence-corrected chi connectivity index (χ0v) is 10.7. The maximum Gasteiger partial charge on any atom is 0.304 e. The summed E-state index contributed by atoms with van der Waals surface area (Å²) < 4.78 is 5.06. The van der Waals surface area contributed by atoms with E-state index in [9.17, 15) is 4.79 Å². The lowest BCUT2D eigenvalue weighted by Gasteiger charge is -2.16. The van der Waals surface area contributed by atoms with E-state index in [-0.39, 0.29) is 6.42 Å². The van der Waals surface area contributed by atoms with Crippen LogP contribution in [0.25, 0.3) is 0 Å². The summed E-state index contributed by atoms with van der Waals surface area (Å²) in [4.78, 5) is 12.4. The maximum atomic E-state index is 10.4. The number of rotatable bonds is 6. The molecule has 0 unspecified atom stereocenters. The van der Waals surface area contributed by atoms with Crippen LogP contribution in [-0.4, -0.2) is 36.7 Å². The monoisotopic (exact) mass is 257 g/mol. The van der Waals surface area contributed by atoms with Gasteiger partial charge in [-0.1, -0.05) is 17.7 Å². The number of benzene rings is 1. The molecule has 1 rings (SSSR count). The smallest absolute Gasteiger partial charge is 0.304 e. The first kappa shape index (κ1) is 13.8. The van der Waals surface area contributed by atoms with Crippen molar-refractivity contribution in [1.29, 1.82) is 0 Å². The van der Waals surface area contributed by atoms with E-state index in [1.807, 2.05) is 30.1 Å². The molecular weight excluding hydrogens is 242 g/mol. The van der Waals surface area contributed by atoms with Crippen LogP contribution in [0.3, 0.4) is 0 Å². The fourth-order valence-corrected chi connectivity index (χ4v) is 1.77. The number of carbonyl (C=O) groups is 1. The maximum absolute atomic E-state index is 10.4. The van der Waals surface area contributed by atoms with Crippen molar-refractivity contribution < 1.29 is 14.6 Å². The normalized spacial score (nSPS) is 10.6. The molecule has 0 aliphatic rings. The van der Waals surface area contributed by atoms with Gasteiger partial charge in [-0.05, 0) is 24.7 Å². The number of hydrogen-bond acceptors (Lipinski definition) is 3. The standard InChI is InChI=1S/C12H16ClNO3/c1-14(6-5-12(15)16)8-9-3-4-11(17-2)10(13)7-9/h3-4,7H,5-6,8H2,1-2H3,(H,15,16). The molecule has 0 aliphatic heterocycles. The first-order valence-electron chi connectivity index (χ1n) is 5.25. The van der Waals surface area contributed by atoms with Crippen molar-refractivity contribution >= 4 is 17.6 Å². The third-order valence-corrected chi connectivity index (χ3v) is 2.67. The summed E-state index contributed by atoms with van der Waals surface area (Å²) in [7, 11) is 3.45.